The maximum absolute atomic E-state index is 4.87. The third-order valence-corrected chi connectivity index (χ3v) is 5.17. The van der Waals surface area contributed by atoms with E-state index in [4.69, 9.17) is 9.98 Å². The fraction of sp³-hybridized carbons (Fsp3) is 0.440. The zero-order valence-corrected chi connectivity index (χ0v) is 17.8. The average Bonchev–Trinajstić information content (AvgIpc) is 3.04. The molecule has 0 spiro atoms. The summed E-state index contributed by atoms with van der Waals surface area (Å²) >= 11 is 0. The van der Waals surface area contributed by atoms with Gasteiger partial charge in [0.05, 0.1) is 22.8 Å². The predicted molar refractivity (Wildman–Crippen MR) is 126 cm³/mol. The Hall–Kier alpha value is -2.62. The van der Waals surface area contributed by atoms with Gasteiger partial charge in [-0.15, -0.1) is 0 Å². The lowest BCUT2D eigenvalue weighted by molar-refractivity contribution is 0.482. The fourth-order valence-corrected chi connectivity index (χ4v) is 3.75. The van der Waals surface area contributed by atoms with Gasteiger partial charge in [-0.3, -0.25) is 9.98 Å². The smallest absolute Gasteiger partial charge is 0.0805 e. The van der Waals surface area contributed by atoms with Crippen molar-refractivity contribution in [3.63, 3.8) is 0 Å². The molecule has 0 aromatic heterocycles. The molecule has 0 unspecified atom stereocenters. The van der Waals surface area contributed by atoms with Crippen LogP contribution in [0.15, 0.2) is 82.1 Å². The molecule has 2 aliphatic carbocycles. The zero-order valence-electron chi connectivity index (χ0n) is 17.8. The lowest BCUT2D eigenvalue weighted by atomic mass is 10.1. The van der Waals surface area contributed by atoms with Gasteiger partial charge in [-0.1, -0.05) is 49.3 Å². The van der Waals surface area contributed by atoms with E-state index in [0.29, 0.717) is 12.1 Å². The van der Waals surface area contributed by atoms with Crippen LogP contribution >= 0.6 is 0 Å². The second-order valence-electron chi connectivity index (χ2n) is 7.92. The van der Waals surface area contributed by atoms with Crippen LogP contribution < -0.4 is 10.6 Å². The van der Waals surface area contributed by atoms with Crippen molar-refractivity contribution in [1.82, 2.24) is 10.6 Å². The van der Waals surface area contributed by atoms with Crippen molar-refractivity contribution in [1.29, 1.82) is 0 Å². The molecule has 0 saturated carbocycles. The molecule has 2 atom stereocenters. The van der Waals surface area contributed by atoms with Crippen molar-refractivity contribution in [2.45, 2.75) is 58.0 Å². The Kier molecular flexibility index (Phi) is 8.29. The van der Waals surface area contributed by atoms with E-state index < -0.39 is 0 Å². The molecule has 0 saturated heterocycles. The summed E-state index contributed by atoms with van der Waals surface area (Å²) in [6.45, 7) is 6.22. The van der Waals surface area contributed by atoms with E-state index >= 15 is 0 Å². The van der Waals surface area contributed by atoms with Crippen molar-refractivity contribution in [2.24, 2.45) is 9.98 Å². The van der Waals surface area contributed by atoms with Crippen LogP contribution in [0.4, 0.5) is 0 Å². The molecular weight excluding hydrogens is 356 g/mol. The summed E-state index contributed by atoms with van der Waals surface area (Å²) in [5.74, 6) is 0. The molecule has 154 valence electrons. The fourth-order valence-electron chi connectivity index (χ4n) is 3.75. The molecule has 0 aromatic rings. The second-order valence-corrected chi connectivity index (χ2v) is 7.92. The standard InChI is InChI=1S/C25H34N4/c1-20-19-21(2)29-25-16-10-6-8-14-23(25)27-18-12-4-3-11-17-26-22-13-7-5-9-15-24(22)28-20/h5-10,13-16,20-21,28-29H,3-4,11-12,17-19H2,1-2H3/t20-,21-/m0/s1. The van der Waals surface area contributed by atoms with E-state index in [0.717, 1.165) is 55.2 Å². The third-order valence-electron chi connectivity index (χ3n) is 5.17. The Bertz CT molecular complexity index is 724. The van der Waals surface area contributed by atoms with Gasteiger partial charge in [0, 0.05) is 25.2 Å². The van der Waals surface area contributed by atoms with Gasteiger partial charge in [0.15, 0.2) is 0 Å². The van der Waals surface area contributed by atoms with Gasteiger partial charge in [0.25, 0.3) is 0 Å². The van der Waals surface area contributed by atoms with E-state index in [1.807, 2.05) is 0 Å². The number of nitrogens with zero attached hydrogens (tertiary/aromatic N) is 2. The maximum atomic E-state index is 4.87. The summed E-state index contributed by atoms with van der Waals surface area (Å²) in [5.41, 5.74) is 4.33. The molecule has 0 fully saturated rings. The van der Waals surface area contributed by atoms with Crippen LogP contribution in [-0.2, 0) is 0 Å². The maximum Gasteiger partial charge on any atom is 0.0805 e. The van der Waals surface area contributed by atoms with Crippen molar-refractivity contribution >= 4 is 11.4 Å². The van der Waals surface area contributed by atoms with Gasteiger partial charge in [-0.05, 0) is 57.4 Å². The highest BCUT2D eigenvalue weighted by atomic mass is 15.0. The van der Waals surface area contributed by atoms with Crippen molar-refractivity contribution in [3.8, 4) is 0 Å². The molecular formula is C25H34N4. The third kappa shape index (κ3) is 7.04. The number of allylic oxidation sites excluding steroid dienone is 10. The molecule has 0 bridgehead atoms. The molecule has 1 aliphatic heterocycles. The molecule has 4 heteroatoms. The van der Waals surface area contributed by atoms with Gasteiger partial charge >= 0.3 is 0 Å². The summed E-state index contributed by atoms with van der Waals surface area (Å²) in [6, 6.07) is 0.643. The summed E-state index contributed by atoms with van der Waals surface area (Å²) in [6.07, 6.45) is 26.5. The Morgan fingerprint density at radius 2 is 1.14 bits per heavy atom. The molecule has 4 nitrogen and oxygen atoms in total. The summed E-state index contributed by atoms with van der Waals surface area (Å²) in [7, 11) is 0. The summed E-state index contributed by atoms with van der Waals surface area (Å²) < 4.78 is 0. The molecule has 29 heavy (non-hydrogen) atoms. The van der Waals surface area contributed by atoms with Gasteiger partial charge < -0.3 is 10.6 Å². The number of hydrogen-bond acceptors (Lipinski definition) is 4. The average molecular weight is 391 g/mol. The summed E-state index contributed by atoms with van der Waals surface area (Å²) in [4.78, 5) is 9.73. The number of rotatable bonds is 0. The number of hydrogen-bond donors (Lipinski definition) is 2. The normalized spacial score (nSPS) is 26.1. The Morgan fingerprint density at radius 3 is 1.62 bits per heavy atom. The van der Waals surface area contributed by atoms with Crippen LogP contribution in [0.25, 0.3) is 0 Å². The monoisotopic (exact) mass is 390 g/mol. The first-order valence-corrected chi connectivity index (χ1v) is 10.9. The van der Waals surface area contributed by atoms with Crippen LogP contribution in [0.2, 0.25) is 0 Å². The molecule has 2 N–H and O–H groups in total. The Balaban J connectivity index is 1.76. The summed E-state index contributed by atoms with van der Waals surface area (Å²) in [5, 5.41) is 7.36. The van der Waals surface area contributed by atoms with Crippen molar-refractivity contribution in [2.75, 3.05) is 13.1 Å². The number of fused-ring (bicyclic) bond motifs is 2. The lowest BCUT2D eigenvalue weighted by Gasteiger charge is -2.24. The topological polar surface area (TPSA) is 48.8 Å². The van der Waals surface area contributed by atoms with E-state index in [9.17, 15) is 0 Å². The van der Waals surface area contributed by atoms with Crippen LogP contribution in [-0.4, -0.2) is 36.6 Å². The minimum Gasteiger partial charge on any atom is -0.381 e. The van der Waals surface area contributed by atoms with Gasteiger partial charge in [-0.25, -0.2) is 0 Å². The van der Waals surface area contributed by atoms with Crippen LogP contribution in [0.5, 0.6) is 0 Å². The van der Waals surface area contributed by atoms with E-state index in [1.165, 1.54) is 12.8 Å². The van der Waals surface area contributed by atoms with Gasteiger partial charge in [-0.2, -0.15) is 0 Å². The van der Waals surface area contributed by atoms with E-state index in [2.05, 4.69) is 85.2 Å². The Morgan fingerprint density at radius 1 is 0.655 bits per heavy atom. The molecule has 3 rings (SSSR count). The molecule has 1 heterocycles. The highest BCUT2D eigenvalue weighted by Crippen LogP contribution is 2.11. The quantitative estimate of drug-likeness (QED) is 0.624. The minimum atomic E-state index is 0.322. The second kappa shape index (κ2) is 11.4. The van der Waals surface area contributed by atoms with Crippen LogP contribution in [0.3, 0.4) is 0 Å². The molecule has 0 amide bonds. The predicted octanol–water partition coefficient (Wildman–Crippen LogP) is 4.81. The highest BCUT2D eigenvalue weighted by molar-refractivity contribution is 6.09. The van der Waals surface area contributed by atoms with Crippen molar-refractivity contribution < 1.29 is 0 Å². The SMILES string of the molecule is C[C@H]1C[C@H](C)NC2=CC=CC=CC2=NCCCCCCN=C2C=CC=CC=C2N1. The van der Waals surface area contributed by atoms with Gasteiger partial charge in [0.1, 0.15) is 0 Å². The Labute approximate surface area is 175 Å². The van der Waals surface area contributed by atoms with E-state index in [1.54, 1.807) is 0 Å². The zero-order chi connectivity index (χ0) is 20.3. The minimum absolute atomic E-state index is 0.322. The number of aliphatic imine (C=N–C) groups is 2. The molecule has 0 radical (unpaired) electrons. The molecule has 0 aromatic carbocycles. The first-order valence-electron chi connectivity index (χ1n) is 10.9. The lowest BCUT2D eigenvalue weighted by Crippen LogP contribution is -2.37. The highest BCUT2D eigenvalue weighted by Gasteiger charge is 2.15. The number of nitrogens with one attached hydrogen (secondary N) is 2. The first-order chi connectivity index (χ1) is 14.2. The van der Waals surface area contributed by atoms with Crippen molar-refractivity contribution in [3.05, 3.63) is 72.2 Å². The van der Waals surface area contributed by atoms with Gasteiger partial charge in [0.2, 0.25) is 0 Å². The first kappa shape index (κ1) is 21.1. The van der Waals surface area contributed by atoms with E-state index in [-0.39, 0.29) is 0 Å². The van der Waals surface area contributed by atoms with Crippen LogP contribution in [0, 0.1) is 0 Å². The molecule has 3 aliphatic rings. The van der Waals surface area contributed by atoms with Crippen LogP contribution in [0.1, 0.15) is 46.0 Å². The largest absolute Gasteiger partial charge is 0.381 e.